The molecule has 2 aromatic carbocycles. The first kappa shape index (κ1) is 15.0. The highest BCUT2D eigenvalue weighted by Gasteiger charge is 2.16. The minimum absolute atomic E-state index is 0.0547. The van der Waals surface area contributed by atoms with Crippen molar-refractivity contribution >= 4 is 15.9 Å². The van der Waals surface area contributed by atoms with Crippen LogP contribution in [0.4, 0.5) is 17.6 Å². The van der Waals surface area contributed by atoms with E-state index in [4.69, 9.17) is 0 Å². The molecule has 2 rings (SSSR count). The summed E-state index contributed by atoms with van der Waals surface area (Å²) in [5.74, 6) is -4.84. The highest BCUT2D eigenvalue weighted by molar-refractivity contribution is 9.10. The van der Waals surface area contributed by atoms with Crippen LogP contribution in [-0.2, 0) is 6.42 Å². The number of rotatable bonds is 3. The Balaban J connectivity index is 2.25. The fourth-order valence-electron chi connectivity index (χ4n) is 1.84. The number of benzene rings is 2. The van der Waals surface area contributed by atoms with Gasteiger partial charge in [0, 0.05) is 10.9 Å². The standard InChI is InChI=1S/C14H9BrF4O/c15-9-1-7(2-10(16)6-9)3-13(20)8-4-11(17)14(19)12(18)5-8/h1-2,4-6,13,20H,3H2. The van der Waals surface area contributed by atoms with Gasteiger partial charge in [0.1, 0.15) is 5.82 Å². The number of halogens is 5. The lowest BCUT2D eigenvalue weighted by Gasteiger charge is -2.12. The van der Waals surface area contributed by atoms with Gasteiger partial charge in [0.15, 0.2) is 17.5 Å². The van der Waals surface area contributed by atoms with E-state index >= 15 is 0 Å². The molecule has 20 heavy (non-hydrogen) atoms. The Morgan fingerprint density at radius 3 is 2.10 bits per heavy atom. The summed E-state index contributed by atoms with van der Waals surface area (Å²) in [5.41, 5.74) is 0.330. The molecule has 0 bridgehead atoms. The third-order valence-corrected chi connectivity index (χ3v) is 3.20. The fraction of sp³-hybridized carbons (Fsp3) is 0.143. The highest BCUT2D eigenvalue weighted by Crippen LogP contribution is 2.24. The molecular weight excluding hydrogens is 340 g/mol. The summed E-state index contributed by atoms with van der Waals surface area (Å²) in [6.07, 6.45) is -1.32. The molecule has 0 aliphatic rings. The first-order chi connectivity index (χ1) is 9.36. The molecule has 0 saturated carbocycles. The topological polar surface area (TPSA) is 20.2 Å². The Bertz CT molecular complexity index is 602. The molecule has 2 aromatic rings. The van der Waals surface area contributed by atoms with Crippen molar-refractivity contribution < 1.29 is 22.7 Å². The Kier molecular flexibility index (Phi) is 4.45. The maximum atomic E-state index is 13.2. The van der Waals surface area contributed by atoms with Crippen LogP contribution >= 0.6 is 15.9 Å². The van der Waals surface area contributed by atoms with Gasteiger partial charge in [-0.2, -0.15) is 0 Å². The van der Waals surface area contributed by atoms with Crippen molar-refractivity contribution in [3.63, 3.8) is 0 Å². The number of aliphatic hydroxyl groups is 1. The lowest BCUT2D eigenvalue weighted by molar-refractivity contribution is 0.177. The Labute approximate surface area is 121 Å². The van der Waals surface area contributed by atoms with E-state index in [1.807, 2.05) is 0 Å². The molecule has 1 unspecified atom stereocenters. The fourth-order valence-corrected chi connectivity index (χ4v) is 2.35. The van der Waals surface area contributed by atoms with Crippen LogP contribution in [0, 0.1) is 23.3 Å². The molecule has 0 amide bonds. The highest BCUT2D eigenvalue weighted by atomic mass is 79.9. The molecule has 1 nitrogen and oxygen atoms in total. The van der Waals surface area contributed by atoms with Crippen molar-refractivity contribution in [3.05, 3.63) is 69.2 Å². The van der Waals surface area contributed by atoms with Crippen molar-refractivity contribution in [1.29, 1.82) is 0 Å². The van der Waals surface area contributed by atoms with Crippen molar-refractivity contribution in [3.8, 4) is 0 Å². The van der Waals surface area contributed by atoms with Gasteiger partial charge in [0.25, 0.3) is 0 Å². The van der Waals surface area contributed by atoms with Gasteiger partial charge in [-0.05, 0) is 41.5 Å². The molecule has 0 spiro atoms. The predicted octanol–water partition coefficient (Wildman–Crippen LogP) is 4.28. The monoisotopic (exact) mass is 348 g/mol. The molecule has 0 fully saturated rings. The summed E-state index contributed by atoms with van der Waals surface area (Å²) in [5, 5.41) is 9.90. The molecule has 0 heterocycles. The van der Waals surface area contributed by atoms with Crippen LogP contribution in [0.5, 0.6) is 0 Å². The molecule has 1 atom stereocenters. The van der Waals surface area contributed by atoms with Gasteiger partial charge in [0.05, 0.1) is 6.10 Å². The van der Waals surface area contributed by atoms with Gasteiger partial charge in [-0.25, -0.2) is 17.6 Å². The zero-order valence-corrected chi connectivity index (χ0v) is 11.6. The van der Waals surface area contributed by atoms with Gasteiger partial charge in [-0.3, -0.25) is 0 Å². The molecule has 0 saturated heterocycles. The van der Waals surface area contributed by atoms with Crippen LogP contribution in [0.25, 0.3) is 0 Å². The number of hydrogen-bond acceptors (Lipinski definition) is 1. The van der Waals surface area contributed by atoms with E-state index < -0.39 is 29.4 Å². The third-order valence-electron chi connectivity index (χ3n) is 2.74. The van der Waals surface area contributed by atoms with Crippen LogP contribution in [0.1, 0.15) is 17.2 Å². The average molecular weight is 349 g/mol. The molecule has 0 aromatic heterocycles. The van der Waals surface area contributed by atoms with E-state index in [2.05, 4.69) is 15.9 Å². The van der Waals surface area contributed by atoms with Crippen molar-refractivity contribution in [1.82, 2.24) is 0 Å². The predicted molar refractivity (Wildman–Crippen MR) is 69.1 cm³/mol. The van der Waals surface area contributed by atoms with Gasteiger partial charge in [-0.15, -0.1) is 0 Å². The van der Waals surface area contributed by atoms with Crippen LogP contribution in [-0.4, -0.2) is 5.11 Å². The van der Waals surface area contributed by atoms with Gasteiger partial charge >= 0.3 is 0 Å². The van der Waals surface area contributed by atoms with Crippen molar-refractivity contribution in [2.45, 2.75) is 12.5 Å². The minimum Gasteiger partial charge on any atom is -0.388 e. The smallest absolute Gasteiger partial charge is 0.194 e. The molecule has 106 valence electrons. The Hall–Kier alpha value is -1.40. The second kappa shape index (κ2) is 5.93. The second-order valence-corrected chi connectivity index (χ2v) is 5.21. The Morgan fingerprint density at radius 1 is 0.950 bits per heavy atom. The molecule has 0 aliphatic carbocycles. The first-order valence-electron chi connectivity index (χ1n) is 5.64. The number of aliphatic hydroxyl groups excluding tert-OH is 1. The van der Waals surface area contributed by atoms with Gasteiger partial charge in [0.2, 0.25) is 0 Å². The minimum atomic E-state index is -1.59. The summed E-state index contributed by atoms with van der Waals surface area (Å²) in [6, 6.07) is 5.45. The summed E-state index contributed by atoms with van der Waals surface area (Å²) < 4.78 is 52.6. The molecule has 0 aliphatic heterocycles. The zero-order chi connectivity index (χ0) is 14.9. The normalized spacial score (nSPS) is 12.5. The quantitative estimate of drug-likeness (QED) is 0.648. The summed E-state index contributed by atoms with van der Waals surface area (Å²) in [7, 11) is 0. The molecule has 1 N–H and O–H groups in total. The van der Waals surface area contributed by atoms with E-state index in [1.54, 1.807) is 6.07 Å². The van der Waals surface area contributed by atoms with Crippen LogP contribution < -0.4 is 0 Å². The summed E-state index contributed by atoms with van der Waals surface area (Å²) in [6.45, 7) is 0. The lowest BCUT2D eigenvalue weighted by Crippen LogP contribution is -2.05. The van der Waals surface area contributed by atoms with Crippen LogP contribution in [0.2, 0.25) is 0 Å². The molecule has 0 radical (unpaired) electrons. The first-order valence-corrected chi connectivity index (χ1v) is 6.43. The SMILES string of the molecule is OC(Cc1cc(F)cc(Br)c1)c1cc(F)c(F)c(F)c1. The van der Waals surface area contributed by atoms with Gasteiger partial charge in [-0.1, -0.05) is 15.9 Å². The lowest BCUT2D eigenvalue weighted by atomic mass is 10.0. The molecule has 6 heteroatoms. The van der Waals surface area contributed by atoms with E-state index in [0.717, 1.165) is 12.1 Å². The largest absolute Gasteiger partial charge is 0.388 e. The molecular formula is C14H9BrF4O. The third kappa shape index (κ3) is 3.37. The van der Waals surface area contributed by atoms with Gasteiger partial charge < -0.3 is 5.11 Å². The number of hydrogen-bond donors (Lipinski definition) is 1. The summed E-state index contributed by atoms with van der Waals surface area (Å²) >= 11 is 3.10. The van der Waals surface area contributed by atoms with E-state index in [-0.39, 0.29) is 12.0 Å². The van der Waals surface area contributed by atoms with Crippen LogP contribution in [0.3, 0.4) is 0 Å². The van der Waals surface area contributed by atoms with E-state index in [1.165, 1.54) is 12.1 Å². The average Bonchev–Trinajstić information content (AvgIpc) is 2.33. The maximum absolute atomic E-state index is 13.2. The maximum Gasteiger partial charge on any atom is 0.194 e. The van der Waals surface area contributed by atoms with E-state index in [0.29, 0.717) is 10.0 Å². The van der Waals surface area contributed by atoms with Crippen LogP contribution in [0.15, 0.2) is 34.8 Å². The van der Waals surface area contributed by atoms with Crippen molar-refractivity contribution in [2.24, 2.45) is 0 Å². The zero-order valence-electron chi connectivity index (χ0n) is 10.0. The summed E-state index contributed by atoms with van der Waals surface area (Å²) in [4.78, 5) is 0. The Morgan fingerprint density at radius 2 is 1.55 bits per heavy atom. The van der Waals surface area contributed by atoms with E-state index in [9.17, 15) is 22.7 Å². The van der Waals surface area contributed by atoms with Crippen molar-refractivity contribution in [2.75, 3.05) is 0 Å². The second-order valence-electron chi connectivity index (χ2n) is 4.30.